The van der Waals surface area contributed by atoms with Crippen molar-refractivity contribution in [3.8, 4) is 11.5 Å². The van der Waals surface area contributed by atoms with E-state index >= 15 is 0 Å². The molecule has 6 atom stereocenters. The zero-order valence-corrected chi connectivity index (χ0v) is 24.4. The van der Waals surface area contributed by atoms with Crippen LogP contribution >= 0.6 is 0 Å². The van der Waals surface area contributed by atoms with Crippen molar-refractivity contribution in [1.29, 1.82) is 0 Å². The van der Waals surface area contributed by atoms with E-state index in [1.165, 1.54) is 19.3 Å². The minimum absolute atomic E-state index is 0.0729. The average Bonchev–Trinajstić information content (AvgIpc) is 3.32. The van der Waals surface area contributed by atoms with E-state index in [1.807, 2.05) is 30.3 Å². The number of primary amides is 1. The highest BCUT2D eigenvalue weighted by Crippen LogP contribution is 2.64. The standard InChI is InChI=1S/C36H30N2O7/c1-45-21-12-15-28(39)26(16-21)31-22-13-14-23-30(34(43)38(33(23)42)35(37)44)25(22)17-27-32(41)24(19-8-4-2-5-9-19)18-29(40)36(27,31)20-10-6-3-7-11-20/h2-13,15-16,18,23,25,27,30-31,39H,14,17H2,1H3,(H2,37,44)/t23-,25+,27-,30-,31+,36-/m0/s1. The largest absolute Gasteiger partial charge is 0.508 e. The van der Waals surface area contributed by atoms with Crippen molar-refractivity contribution in [1.82, 2.24) is 4.90 Å². The Balaban J connectivity index is 1.53. The number of urea groups is 1. The Morgan fingerprint density at radius 2 is 1.62 bits per heavy atom. The number of fused-ring (bicyclic) bond motifs is 4. The number of hydrogen-bond acceptors (Lipinski definition) is 7. The van der Waals surface area contributed by atoms with Gasteiger partial charge in [0.2, 0.25) is 11.8 Å². The van der Waals surface area contributed by atoms with Gasteiger partial charge in [-0.25, -0.2) is 4.79 Å². The molecule has 3 aromatic carbocycles. The van der Waals surface area contributed by atoms with Crippen molar-refractivity contribution in [2.45, 2.75) is 24.2 Å². The number of likely N-dealkylation sites (tertiary alicyclic amines) is 1. The third-order valence-corrected chi connectivity index (χ3v) is 10.1. The predicted molar refractivity (Wildman–Crippen MR) is 163 cm³/mol. The molecule has 1 saturated carbocycles. The Hall–Kier alpha value is -5.31. The average molecular weight is 603 g/mol. The number of allylic oxidation sites excluding steroid dienone is 4. The van der Waals surface area contributed by atoms with Crippen LogP contribution in [0.2, 0.25) is 0 Å². The number of hydrogen-bond donors (Lipinski definition) is 2. The summed E-state index contributed by atoms with van der Waals surface area (Å²) in [5.74, 6) is -5.99. The molecule has 3 aliphatic carbocycles. The molecule has 7 rings (SSSR count). The summed E-state index contributed by atoms with van der Waals surface area (Å²) in [6.07, 6.45) is 3.47. The number of carbonyl (C=O) groups is 5. The fourth-order valence-electron chi connectivity index (χ4n) is 8.33. The van der Waals surface area contributed by atoms with Gasteiger partial charge in [-0.3, -0.25) is 19.2 Å². The van der Waals surface area contributed by atoms with Gasteiger partial charge in [0, 0.05) is 23.0 Å². The lowest BCUT2D eigenvalue weighted by atomic mass is 9.44. The summed E-state index contributed by atoms with van der Waals surface area (Å²) in [4.78, 5) is 69.5. The second-order valence-electron chi connectivity index (χ2n) is 12.1. The molecule has 0 radical (unpaired) electrons. The lowest BCUT2D eigenvalue weighted by Crippen LogP contribution is -2.58. The van der Waals surface area contributed by atoms with Crippen molar-refractivity contribution in [2.75, 3.05) is 7.11 Å². The molecule has 1 aliphatic heterocycles. The van der Waals surface area contributed by atoms with Crippen molar-refractivity contribution in [2.24, 2.45) is 29.4 Å². The van der Waals surface area contributed by atoms with Crippen LogP contribution < -0.4 is 10.5 Å². The van der Waals surface area contributed by atoms with E-state index in [4.69, 9.17) is 10.5 Å². The first-order chi connectivity index (χ1) is 21.7. The predicted octanol–water partition coefficient (Wildman–Crippen LogP) is 4.30. The van der Waals surface area contributed by atoms with Crippen LogP contribution in [0.15, 0.2) is 96.6 Å². The molecule has 9 nitrogen and oxygen atoms in total. The first-order valence-electron chi connectivity index (χ1n) is 14.9. The molecule has 0 spiro atoms. The SMILES string of the molecule is COc1ccc(O)c([C@H]2C3=CC[C@@H]4C(=O)N(C(N)=O)C(=O)[C@@H]4[C@@H]3C[C@H]3C(=O)C(c4ccccc4)=CC(=O)[C@@]23c2ccccc2)c1. The normalized spacial score (nSPS) is 28.9. The van der Waals surface area contributed by atoms with E-state index in [9.17, 15) is 29.1 Å². The number of aromatic hydroxyl groups is 1. The Bertz CT molecular complexity index is 1850. The summed E-state index contributed by atoms with van der Waals surface area (Å²) in [7, 11) is 1.49. The van der Waals surface area contributed by atoms with Gasteiger partial charge < -0.3 is 15.6 Å². The number of nitrogens with zero attached hydrogens (tertiary/aromatic N) is 1. The number of rotatable bonds is 4. The lowest BCUT2D eigenvalue weighted by Gasteiger charge is -2.55. The van der Waals surface area contributed by atoms with Gasteiger partial charge in [0.25, 0.3) is 0 Å². The van der Waals surface area contributed by atoms with Crippen LogP contribution in [0.5, 0.6) is 11.5 Å². The smallest absolute Gasteiger partial charge is 0.328 e. The zero-order chi connectivity index (χ0) is 31.6. The van der Waals surface area contributed by atoms with Gasteiger partial charge in [-0.2, -0.15) is 4.90 Å². The molecule has 0 unspecified atom stereocenters. The molecule has 1 saturated heterocycles. The maximum atomic E-state index is 14.9. The number of benzene rings is 3. The monoisotopic (exact) mass is 602 g/mol. The fraction of sp³-hybridized carbons (Fsp3) is 0.250. The Kier molecular flexibility index (Phi) is 6.58. The number of Topliss-reactive ketones (excluding diaryl/α,β-unsaturated/α-hetero) is 1. The third kappa shape index (κ3) is 3.96. The van der Waals surface area contributed by atoms with Crippen LogP contribution in [0, 0.1) is 23.7 Å². The van der Waals surface area contributed by atoms with Crippen LogP contribution in [0.1, 0.15) is 35.4 Å². The zero-order valence-electron chi connectivity index (χ0n) is 24.4. The summed E-state index contributed by atoms with van der Waals surface area (Å²) in [6, 6.07) is 21.6. The maximum Gasteiger partial charge on any atom is 0.328 e. The number of ketones is 2. The quantitative estimate of drug-likeness (QED) is 0.335. The number of phenolic OH excluding ortho intramolecular Hbond substituents is 1. The van der Waals surface area contributed by atoms with E-state index in [0.29, 0.717) is 32.9 Å². The Morgan fingerprint density at radius 1 is 0.933 bits per heavy atom. The Labute approximate surface area is 259 Å². The topological polar surface area (TPSA) is 144 Å². The molecule has 4 aliphatic rings. The number of amides is 4. The van der Waals surface area contributed by atoms with E-state index in [1.54, 1.807) is 48.5 Å². The van der Waals surface area contributed by atoms with E-state index < -0.39 is 52.8 Å². The van der Waals surface area contributed by atoms with Gasteiger partial charge in [0.1, 0.15) is 11.5 Å². The number of imide groups is 3. The van der Waals surface area contributed by atoms with Gasteiger partial charge in [0.15, 0.2) is 11.6 Å². The highest BCUT2D eigenvalue weighted by atomic mass is 16.5. The minimum Gasteiger partial charge on any atom is -0.508 e. The third-order valence-electron chi connectivity index (χ3n) is 10.1. The van der Waals surface area contributed by atoms with Gasteiger partial charge in [-0.05, 0) is 54.2 Å². The second-order valence-corrected chi connectivity index (χ2v) is 12.1. The summed E-state index contributed by atoms with van der Waals surface area (Å²) in [6.45, 7) is 0. The molecule has 0 bridgehead atoms. The van der Waals surface area contributed by atoms with E-state index in [-0.39, 0.29) is 35.7 Å². The summed E-state index contributed by atoms with van der Waals surface area (Å²) in [5, 5.41) is 11.4. The molecule has 9 heteroatoms. The molecular formula is C36H30N2O7. The van der Waals surface area contributed by atoms with Gasteiger partial charge in [0.05, 0.1) is 24.4 Å². The van der Waals surface area contributed by atoms with Crippen molar-refractivity contribution < 1.29 is 33.8 Å². The van der Waals surface area contributed by atoms with Crippen molar-refractivity contribution >= 4 is 35.0 Å². The van der Waals surface area contributed by atoms with Crippen LogP contribution in [-0.4, -0.2) is 46.5 Å². The first-order valence-corrected chi connectivity index (χ1v) is 14.9. The number of carbonyl (C=O) groups excluding carboxylic acids is 5. The van der Waals surface area contributed by atoms with Gasteiger partial charge in [-0.1, -0.05) is 72.3 Å². The first kappa shape index (κ1) is 28.5. The van der Waals surface area contributed by atoms with Crippen LogP contribution in [-0.2, 0) is 24.6 Å². The van der Waals surface area contributed by atoms with E-state index in [0.717, 1.165) is 0 Å². The van der Waals surface area contributed by atoms with E-state index in [2.05, 4.69) is 0 Å². The second kappa shape index (κ2) is 10.4. The summed E-state index contributed by atoms with van der Waals surface area (Å²) in [5.41, 5.74) is 6.44. The number of phenols is 1. The van der Waals surface area contributed by atoms with Crippen LogP contribution in [0.4, 0.5) is 4.79 Å². The maximum absolute atomic E-state index is 14.9. The molecule has 0 aromatic heterocycles. The molecule has 4 amide bonds. The highest BCUT2D eigenvalue weighted by Gasteiger charge is 2.66. The van der Waals surface area contributed by atoms with Gasteiger partial charge >= 0.3 is 6.03 Å². The molecule has 3 N–H and O–H groups in total. The summed E-state index contributed by atoms with van der Waals surface area (Å²) < 4.78 is 5.52. The van der Waals surface area contributed by atoms with Gasteiger partial charge in [-0.15, -0.1) is 0 Å². The lowest BCUT2D eigenvalue weighted by molar-refractivity contribution is -0.137. The van der Waals surface area contributed by atoms with Crippen molar-refractivity contribution in [3.63, 3.8) is 0 Å². The highest BCUT2D eigenvalue weighted by molar-refractivity contribution is 6.31. The molecule has 3 aromatic rings. The summed E-state index contributed by atoms with van der Waals surface area (Å²) >= 11 is 0. The molecule has 226 valence electrons. The molecular weight excluding hydrogens is 572 g/mol. The molecule has 1 heterocycles. The minimum atomic E-state index is -1.50. The number of methoxy groups -OCH3 is 1. The Morgan fingerprint density at radius 3 is 2.29 bits per heavy atom. The van der Waals surface area contributed by atoms with Crippen molar-refractivity contribution in [3.05, 3.63) is 113 Å². The van der Waals surface area contributed by atoms with Crippen LogP contribution in [0.25, 0.3) is 5.57 Å². The van der Waals surface area contributed by atoms with Crippen LogP contribution in [0.3, 0.4) is 0 Å². The number of nitrogens with two attached hydrogens (primary N) is 1. The number of ether oxygens (including phenoxy) is 1. The fourth-order valence-corrected chi connectivity index (χ4v) is 8.33. The molecule has 2 fully saturated rings. The molecule has 45 heavy (non-hydrogen) atoms.